The number of piperazine rings is 2. The average Bonchev–Trinajstić information content (AvgIpc) is 2.90. The lowest BCUT2D eigenvalue weighted by atomic mass is 10.0. The van der Waals surface area contributed by atoms with Crippen LogP contribution in [0, 0.1) is 0 Å². The van der Waals surface area contributed by atoms with Crippen LogP contribution >= 0.6 is 0 Å². The van der Waals surface area contributed by atoms with E-state index in [0.29, 0.717) is 16.6 Å². The first-order valence-corrected chi connectivity index (χ1v) is 16.4. The van der Waals surface area contributed by atoms with Gasteiger partial charge in [0, 0.05) is 75.5 Å². The number of likely N-dealkylation sites (tertiary alicyclic amines) is 1. The summed E-state index contributed by atoms with van der Waals surface area (Å²) in [5.74, 6) is 0. The van der Waals surface area contributed by atoms with Crippen LogP contribution in [0.15, 0.2) is 30.3 Å². The zero-order valence-electron chi connectivity index (χ0n) is 28.4. The number of rotatable bonds is 4. The van der Waals surface area contributed by atoms with E-state index in [-0.39, 0.29) is 0 Å². The van der Waals surface area contributed by atoms with Crippen LogP contribution in [0.5, 0.6) is 0 Å². The zero-order valence-corrected chi connectivity index (χ0v) is 28.4. The molecule has 0 unspecified atom stereocenters. The summed E-state index contributed by atoms with van der Waals surface area (Å²) >= 11 is 0. The van der Waals surface area contributed by atoms with E-state index in [4.69, 9.17) is 0 Å². The maximum atomic E-state index is 2.58. The Hall–Kier alpha value is -0.980. The molecule has 5 heteroatoms. The summed E-state index contributed by atoms with van der Waals surface area (Å²) in [7, 11) is 0. The Morgan fingerprint density at radius 2 is 0.900 bits per heavy atom. The van der Waals surface area contributed by atoms with Gasteiger partial charge < -0.3 is 4.90 Å². The summed E-state index contributed by atoms with van der Waals surface area (Å²) in [5.41, 5.74) is 2.51. The molecule has 0 saturated carbocycles. The molecular formula is C35H67N5. The first-order chi connectivity index (χ1) is 18.7. The molecule has 0 spiro atoms. The molecule has 232 valence electrons. The molecule has 0 amide bonds. The highest BCUT2D eigenvalue weighted by Crippen LogP contribution is 2.19. The van der Waals surface area contributed by atoms with Crippen LogP contribution in [0.4, 0.5) is 0 Å². The molecule has 0 aliphatic carbocycles. The van der Waals surface area contributed by atoms with E-state index >= 15 is 0 Å². The maximum absolute atomic E-state index is 2.58. The Kier molecular flexibility index (Phi) is 14.6. The molecule has 0 atom stereocenters. The van der Waals surface area contributed by atoms with Crippen LogP contribution in [0.3, 0.4) is 0 Å². The summed E-state index contributed by atoms with van der Waals surface area (Å²) in [6, 6.07) is 10.8. The van der Waals surface area contributed by atoms with Gasteiger partial charge in [-0.05, 0) is 107 Å². The summed E-state index contributed by atoms with van der Waals surface area (Å²) in [4.78, 5) is 12.9. The van der Waals surface area contributed by atoms with E-state index < -0.39 is 0 Å². The normalized spacial score (nSPS) is 21.2. The molecule has 3 aliphatic heterocycles. The van der Waals surface area contributed by atoms with E-state index in [2.05, 4.69) is 124 Å². The standard InChI is InChI=1S/C15H24N2.C11H24N2.C9H19N/c1-15(2,3)17-11-9-16(10-12-17)13-14-7-5-4-6-8-14;1-5-6-12-7-9-13(10-8-12)11(2,3)4;1-9(2,3)10-7-5-4-6-8-10/h4-8H,9-13H2,1-3H3;5-10H2,1-4H3;4-8H2,1-3H3. The van der Waals surface area contributed by atoms with Crippen LogP contribution in [-0.4, -0.2) is 113 Å². The molecule has 5 nitrogen and oxygen atoms in total. The van der Waals surface area contributed by atoms with Crippen molar-refractivity contribution in [3.63, 3.8) is 0 Å². The quantitative estimate of drug-likeness (QED) is 0.409. The molecule has 0 radical (unpaired) electrons. The fourth-order valence-corrected chi connectivity index (χ4v) is 5.94. The second-order valence-electron chi connectivity index (χ2n) is 15.1. The lowest BCUT2D eigenvalue weighted by Crippen LogP contribution is -2.53. The Labute approximate surface area is 250 Å². The van der Waals surface area contributed by atoms with Crippen molar-refractivity contribution in [2.24, 2.45) is 0 Å². The second-order valence-corrected chi connectivity index (χ2v) is 15.1. The third-order valence-electron chi connectivity index (χ3n) is 8.74. The lowest BCUT2D eigenvalue weighted by molar-refractivity contribution is 0.0591. The molecule has 1 aromatic rings. The number of nitrogens with zero attached hydrogens (tertiary/aromatic N) is 5. The molecule has 40 heavy (non-hydrogen) atoms. The Morgan fingerprint density at radius 1 is 0.500 bits per heavy atom. The van der Waals surface area contributed by atoms with Crippen molar-refractivity contribution in [1.29, 1.82) is 0 Å². The summed E-state index contributed by atoms with van der Waals surface area (Å²) < 4.78 is 0. The molecule has 0 aromatic heterocycles. The fraction of sp³-hybridized carbons (Fsp3) is 0.829. The first kappa shape index (κ1) is 35.2. The molecule has 0 bridgehead atoms. The molecule has 4 rings (SSSR count). The predicted molar refractivity (Wildman–Crippen MR) is 176 cm³/mol. The predicted octanol–water partition coefficient (Wildman–Crippen LogP) is 6.69. The maximum Gasteiger partial charge on any atom is 0.0234 e. The fourth-order valence-electron chi connectivity index (χ4n) is 5.94. The topological polar surface area (TPSA) is 16.2 Å². The molecule has 3 fully saturated rings. The van der Waals surface area contributed by atoms with Crippen molar-refractivity contribution in [1.82, 2.24) is 24.5 Å². The van der Waals surface area contributed by atoms with Gasteiger partial charge >= 0.3 is 0 Å². The van der Waals surface area contributed by atoms with Gasteiger partial charge in [-0.3, -0.25) is 19.6 Å². The zero-order chi connectivity index (χ0) is 29.8. The molecule has 3 aliphatic rings. The highest BCUT2D eigenvalue weighted by atomic mass is 15.3. The first-order valence-electron chi connectivity index (χ1n) is 16.4. The van der Waals surface area contributed by atoms with Crippen LogP contribution in [0.1, 0.15) is 100 Å². The molecule has 0 N–H and O–H groups in total. The Bertz CT molecular complexity index is 767. The Balaban J connectivity index is 0.000000218. The van der Waals surface area contributed by atoms with Crippen molar-refractivity contribution in [2.75, 3.05) is 72.0 Å². The van der Waals surface area contributed by atoms with Crippen LogP contribution in [0.2, 0.25) is 0 Å². The van der Waals surface area contributed by atoms with Crippen molar-refractivity contribution >= 4 is 0 Å². The minimum atomic E-state index is 0.318. The van der Waals surface area contributed by atoms with Gasteiger partial charge in [-0.15, -0.1) is 0 Å². The monoisotopic (exact) mass is 558 g/mol. The number of piperidine rings is 1. The summed E-state index contributed by atoms with van der Waals surface area (Å²) in [6.45, 7) is 37.7. The third kappa shape index (κ3) is 13.3. The second kappa shape index (κ2) is 16.6. The summed E-state index contributed by atoms with van der Waals surface area (Å²) in [5, 5.41) is 0. The van der Waals surface area contributed by atoms with Gasteiger partial charge in [0.1, 0.15) is 0 Å². The number of hydrogen-bond acceptors (Lipinski definition) is 5. The van der Waals surface area contributed by atoms with Crippen molar-refractivity contribution in [3.05, 3.63) is 35.9 Å². The summed E-state index contributed by atoms with van der Waals surface area (Å²) in [6.07, 6.45) is 5.52. The minimum absolute atomic E-state index is 0.318. The van der Waals surface area contributed by atoms with Gasteiger partial charge in [0.15, 0.2) is 0 Å². The van der Waals surface area contributed by atoms with E-state index in [1.54, 1.807) is 0 Å². The van der Waals surface area contributed by atoms with E-state index in [1.165, 1.54) is 103 Å². The van der Waals surface area contributed by atoms with Crippen molar-refractivity contribution < 1.29 is 0 Å². The van der Waals surface area contributed by atoms with Crippen LogP contribution in [-0.2, 0) is 6.54 Å². The highest BCUT2D eigenvalue weighted by Gasteiger charge is 2.26. The van der Waals surface area contributed by atoms with E-state index in [1.807, 2.05) is 0 Å². The lowest BCUT2D eigenvalue weighted by Gasteiger charge is -2.42. The van der Waals surface area contributed by atoms with E-state index in [9.17, 15) is 0 Å². The molecule has 3 saturated heterocycles. The number of hydrogen-bond donors (Lipinski definition) is 0. The SMILES string of the molecule is CC(C)(C)N1CCCCC1.CC(C)(C)N1CCN(Cc2ccccc2)CC1.CCCN1CCN(C(C)(C)C)CC1. The molecule has 3 heterocycles. The van der Waals surface area contributed by atoms with E-state index in [0.717, 1.165) is 6.54 Å². The van der Waals surface area contributed by atoms with Gasteiger partial charge in [-0.1, -0.05) is 43.7 Å². The minimum Gasteiger partial charge on any atom is -0.301 e. The number of benzene rings is 1. The highest BCUT2D eigenvalue weighted by molar-refractivity contribution is 5.14. The average molecular weight is 558 g/mol. The third-order valence-corrected chi connectivity index (χ3v) is 8.74. The van der Waals surface area contributed by atoms with Gasteiger partial charge in [-0.25, -0.2) is 0 Å². The van der Waals surface area contributed by atoms with Gasteiger partial charge in [0.25, 0.3) is 0 Å². The van der Waals surface area contributed by atoms with Crippen molar-refractivity contribution in [2.45, 2.75) is 118 Å². The van der Waals surface area contributed by atoms with Gasteiger partial charge in [-0.2, -0.15) is 0 Å². The molecular weight excluding hydrogens is 490 g/mol. The Morgan fingerprint density at radius 3 is 1.27 bits per heavy atom. The van der Waals surface area contributed by atoms with Gasteiger partial charge in [0.2, 0.25) is 0 Å². The molecule has 1 aromatic carbocycles. The van der Waals surface area contributed by atoms with Crippen molar-refractivity contribution in [3.8, 4) is 0 Å². The van der Waals surface area contributed by atoms with Crippen LogP contribution < -0.4 is 0 Å². The smallest absolute Gasteiger partial charge is 0.0234 e. The van der Waals surface area contributed by atoms with Crippen LogP contribution in [0.25, 0.3) is 0 Å². The largest absolute Gasteiger partial charge is 0.301 e. The van der Waals surface area contributed by atoms with Gasteiger partial charge in [0.05, 0.1) is 0 Å².